The zero-order valence-electron chi connectivity index (χ0n) is 24.4. The molecule has 0 saturated carbocycles. The Balaban J connectivity index is 1.44. The van der Waals surface area contributed by atoms with Crippen LogP contribution in [0.15, 0.2) is 79.1 Å². The summed E-state index contributed by atoms with van der Waals surface area (Å²) in [6.07, 6.45) is -2.25. The first-order valence-corrected chi connectivity index (χ1v) is 15.6. The summed E-state index contributed by atoms with van der Waals surface area (Å²) in [5.74, 6) is -0.484. The van der Waals surface area contributed by atoms with Gasteiger partial charge < -0.3 is 24.8 Å². The van der Waals surface area contributed by atoms with Crippen molar-refractivity contribution < 1.29 is 37.4 Å². The van der Waals surface area contributed by atoms with Crippen LogP contribution in [0.4, 0.5) is 10.2 Å². The number of nitrogens with one attached hydrogen (secondary N) is 1. The summed E-state index contributed by atoms with van der Waals surface area (Å²) in [6.45, 7) is 2.01. The highest BCUT2D eigenvalue weighted by Crippen LogP contribution is 2.52. The number of esters is 1. The molecule has 45 heavy (non-hydrogen) atoms. The number of hydrogen-bond acceptors (Lipinski definition) is 11. The molecule has 0 radical (unpaired) electrons. The lowest BCUT2D eigenvalue weighted by molar-refractivity contribution is -0.145. The second kappa shape index (κ2) is 12.9. The number of carbonyl (C=O) groups excluding carboxylic acids is 1. The van der Waals surface area contributed by atoms with E-state index in [-0.39, 0.29) is 30.3 Å². The van der Waals surface area contributed by atoms with Crippen LogP contribution in [0.3, 0.4) is 0 Å². The number of nitriles is 1. The Bertz CT molecular complexity index is 1740. The molecule has 2 aromatic heterocycles. The van der Waals surface area contributed by atoms with Gasteiger partial charge in [0.25, 0.3) is 0 Å². The number of aliphatic hydroxyl groups excluding tert-OH is 1. The van der Waals surface area contributed by atoms with Crippen LogP contribution in [-0.4, -0.2) is 62.8 Å². The van der Waals surface area contributed by atoms with Gasteiger partial charge in [-0.3, -0.25) is 9.32 Å². The Morgan fingerprint density at radius 1 is 1.22 bits per heavy atom. The lowest BCUT2D eigenvalue weighted by Crippen LogP contribution is -2.48. The van der Waals surface area contributed by atoms with Crippen LogP contribution in [0.5, 0.6) is 5.75 Å². The van der Waals surface area contributed by atoms with Crippen LogP contribution in [-0.2, 0) is 35.4 Å². The van der Waals surface area contributed by atoms with Gasteiger partial charge in [0.15, 0.2) is 11.5 Å². The monoisotopic (exact) mass is 638 g/mol. The summed E-state index contributed by atoms with van der Waals surface area (Å²) in [5.41, 5.74) is 1.81. The van der Waals surface area contributed by atoms with E-state index in [1.165, 1.54) is 28.8 Å². The fourth-order valence-corrected chi connectivity index (χ4v) is 6.66. The lowest BCUT2D eigenvalue weighted by Gasteiger charge is -2.30. The average molecular weight is 639 g/mol. The zero-order chi connectivity index (χ0) is 32.2. The van der Waals surface area contributed by atoms with Gasteiger partial charge >= 0.3 is 13.7 Å². The number of nitrogens with two attached hydrogens (primary N) is 1. The third-order valence-corrected chi connectivity index (χ3v) is 9.04. The summed E-state index contributed by atoms with van der Waals surface area (Å²) >= 11 is 0. The molecule has 236 valence electrons. The van der Waals surface area contributed by atoms with Crippen molar-refractivity contribution in [3.63, 3.8) is 0 Å². The molecule has 1 saturated heterocycles. The fraction of sp³-hybridized carbons (Fsp3) is 0.333. The maximum Gasteiger partial charge on any atom is 0.459 e. The van der Waals surface area contributed by atoms with Gasteiger partial charge in [-0.2, -0.15) is 15.4 Å². The van der Waals surface area contributed by atoms with Crippen molar-refractivity contribution in [2.75, 3.05) is 18.9 Å². The molecule has 2 unspecified atom stereocenters. The number of rotatable bonds is 12. The second-order valence-electron chi connectivity index (χ2n) is 10.5. The van der Waals surface area contributed by atoms with E-state index in [1.807, 2.05) is 12.1 Å². The number of benzene rings is 2. The maximum atomic E-state index is 16.5. The number of para-hydroxylation sites is 1. The molecule has 15 heteroatoms. The SMILES string of the molecule is CCOC(=O)[C@H](Cc1ccccc1)NP(=O)(OC[C@H]1O[C@@](C#N)(c2ccc3c(N)ncnn23)[C@](C)(F)C1O)Oc1ccccc1. The molecular weight excluding hydrogens is 606 g/mol. The maximum absolute atomic E-state index is 16.5. The van der Waals surface area contributed by atoms with E-state index >= 15 is 4.39 Å². The van der Waals surface area contributed by atoms with Crippen LogP contribution in [0.1, 0.15) is 25.1 Å². The van der Waals surface area contributed by atoms with Crippen molar-refractivity contribution in [3.05, 3.63) is 90.4 Å². The predicted octanol–water partition coefficient (Wildman–Crippen LogP) is 3.49. The molecule has 4 N–H and O–H groups in total. The Morgan fingerprint density at radius 2 is 1.91 bits per heavy atom. The minimum absolute atomic E-state index is 0.0484. The number of anilines is 1. The number of hydrogen-bond donors (Lipinski definition) is 3. The number of halogens is 1. The van der Waals surface area contributed by atoms with Crippen molar-refractivity contribution in [2.45, 2.75) is 49.8 Å². The smallest absolute Gasteiger partial charge is 0.459 e. The van der Waals surface area contributed by atoms with E-state index in [0.717, 1.165) is 18.8 Å². The Hall–Kier alpha value is -4.38. The van der Waals surface area contributed by atoms with Gasteiger partial charge in [-0.1, -0.05) is 48.5 Å². The van der Waals surface area contributed by atoms with E-state index in [2.05, 4.69) is 15.2 Å². The highest BCUT2D eigenvalue weighted by molar-refractivity contribution is 7.52. The van der Waals surface area contributed by atoms with E-state index < -0.39 is 49.8 Å². The first-order valence-electron chi connectivity index (χ1n) is 14.1. The van der Waals surface area contributed by atoms with E-state index in [4.69, 9.17) is 24.3 Å². The molecule has 6 atom stereocenters. The number of ether oxygens (including phenoxy) is 2. The van der Waals surface area contributed by atoms with Crippen LogP contribution >= 0.6 is 7.75 Å². The summed E-state index contributed by atoms with van der Waals surface area (Å²) in [4.78, 5) is 16.9. The third-order valence-electron chi connectivity index (χ3n) is 7.47. The molecule has 0 amide bonds. The van der Waals surface area contributed by atoms with Crippen molar-refractivity contribution >= 4 is 25.1 Å². The van der Waals surface area contributed by atoms with Crippen molar-refractivity contribution in [2.24, 2.45) is 0 Å². The Labute approximate surface area is 258 Å². The number of alkyl halides is 1. The first kappa shape index (κ1) is 32.0. The molecule has 1 aliphatic rings. The van der Waals surface area contributed by atoms with Gasteiger partial charge in [-0.15, -0.1) is 0 Å². The fourth-order valence-electron chi connectivity index (χ4n) is 5.16. The third kappa shape index (κ3) is 6.26. The number of nitrogen functional groups attached to an aromatic ring is 1. The van der Waals surface area contributed by atoms with Gasteiger partial charge in [0.1, 0.15) is 41.9 Å². The van der Waals surface area contributed by atoms with Crippen molar-refractivity contribution in [1.82, 2.24) is 19.7 Å². The molecule has 1 fully saturated rings. The molecule has 0 bridgehead atoms. The standard InChI is InChI=1S/C30H32FN6O7P/c1-3-41-28(39)22(16-20-10-6-4-7-11-20)36-45(40,44-21-12-8-5-9-13-21)42-17-24-26(38)29(2,31)30(18-32,43-24)25-15-14-23-27(33)34-19-35-37(23)25/h4-15,19,22,24,26,38H,3,16-17H2,1-2H3,(H,36,40)(H2,33,34,35)/t22-,24+,26?,29+,30-,45?/m0/s1. The molecule has 13 nitrogen and oxygen atoms in total. The summed E-state index contributed by atoms with van der Waals surface area (Å²) in [7, 11) is -4.48. The molecule has 4 aromatic rings. The predicted molar refractivity (Wildman–Crippen MR) is 159 cm³/mol. The van der Waals surface area contributed by atoms with Crippen LogP contribution in [0.2, 0.25) is 0 Å². The van der Waals surface area contributed by atoms with Gasteiger partial charge in [-0.05, 0) is 50.1 Å². The molecular formula is C30H32FN6O7P. The molecule has 1 aliphatic heterocycles. The molecule has 3 heterocycles. The number of carbonyl (C=O) groups is 1. The number of aliphatic hydroxyl groups is 1. The number of fused-ring (bicyclic) bond motifs is 1. The van der Waals surface area contributed by atoms with Crippen LogP contribution in [0.25, 0.3) is 5.52 Å². The van der Waals surface area contributed by atoms with Gasteiger partial charge in [0.05, 0.1) is 18.9 Å². The quantitative estimate of drug-likeness (QED) is 0.152. The second-order valence-corrected chi connectivity index (χ2v) is 12.1. The van der Waals surface area contributed by atoms with E-state index in [1.54, 1.807) is 49.4 Å². The minimum atomic E-state index is -4.48. The van der Waals surface area contributed by atoms with Gasteiger partial charge in [0.2, 0.25) is 5.60 Å². The highest BCUT2D eigenvalue weighted by atomic mass is 31.2. The van der Waals surface area contributed by atoms with Crippen LogP contribution in [0, 0.1) is 11.3 Å². The Kier molecular flexibility index (Phi) is 9.20. The van der Waals surface area contributed by atoms with Gasteiger partial charge in [0, 0.05) is 0 Å². The van der Waals surface area contributed by atoms with E-state index in [9.17, 15) is 19.7 Å². The zero-order valence-corrected chi connectivity index (χ0v) is 25.3. The topological polar surface area (TPSA) is 183 Å². The van der Waals surface area contributed by atoms with Crippen molar-refractivity contribution in [1.29, 1.82) is 5.26 Å². The summed E-state index contributed by atoms with van der Waals surface area (Å²) in [5, 5.41) is 28.1. The Morgan fingerprint density at radius 3 is 2.58 bits per heavy atom. The highest BCUT2D eigenvalue weighted by Gasteiger charge is 2.67. The number of aromatic nitrogens is 3. The first-order chi connectivity index (χ1) is 21.5. The molecule has 0 aliphatic carbocycles. The lowest BCUT2D eigenvalue weighted by atomic mass is 9.82. The van der Waals surface area contributed by atoms with Crippen molar-refractivity contribution in [3.8, 4) is 11.8 Å². The molecule has 5 rings (SSSR count). The normalized spacial score (nSPS) is 24.9. The van der Waals surface area contributed by atoms with Gasteiger partial charge in [-0.25, -0.2) is 18.5 Å². The number of nitrogens with zero attached hydrogens (tertiary/aromatic N) is 4. The molecule has 0 spiro atoms. The summed E-state index contributed by atoms with van der Waals surface area (Å²) in [6, 6.07) is 20.6. The average Bonchev–Trinajstić information content (AvgIpc) is 3.55. The van der Waals surface area contributed by atoms with Crippen LogP contribution < -0.4 is 15.3 Å². The van der Waals surface area contributed by atoms with E-state index in [0.29, 0.717) is 5.52 Å². The largest absolute Gasteiger partial charge is 0.465 e. The molecule has 2 aromatic carbocycles. The summed E-state index contributed by atoms with van der Waals surface area (Å²) < 4.78 is 54.6. The minimum Gasteiger partial charge on any atom is -0.465 e.